The van der Waals surface area contributed by atoms with Crippen molar-refractivity contribution in [3.05, 3.63) is 34.9 Å². The van der Waals surface area contributed by atoms with Crippen LogP contribution in [0, 0.1) is 0 Å². The molecule has 2 N–H and O–H groups in total. The van der Waals surface area contributed by atoms with Crippen molar-refractivity contribution >= 4 is 0 Å². The Morgan fingerprint density at radius 1 is 0.882 bits per heavy atom. The monoisotopic (exact) mass is 238 g/mol. The molecular weight excluding hydrogens is 212 g/mol. The van der Waals surface area contributed by atoms with Gasteiger partial charge >= 0.3 is 0 Å². The average molecular weight is 238 g/mol. The van der Waals surface area contributed by atoms with Crippen molar-refractivity contribution in [2.75, 3.05) is 13.2 Å². The zero-order valence-corrected chi connectivity index (χ0v) is 11.4. The number of aliphatic hydroxyl groups excluding tert-OH is 2. The van der Waals surface area contributed by atoms with Crippen molar-refractivity contribution < 1.29 is 10.2 Å². The lowest BCUT2D eigenvalue weighted by molar-refractivity contribution is 0.315. The minimum absolute atomic E-state index is 0.0131. The third-order valence-electron chi connectivity index (χ3n) is 2.63. The van der Waals surface area contributed by atoms with Crippen LogP contribution in [0.5, 0.6) is 0 Å². The second kappa shape index (κ2) is 10.3. The van der Waals surface area contributed by atoms with Crippen LogP contribution in [0.3, 0.4) is 0 Å². The molecule has 0 aliphatic heterocycles. The number of hydrogen-bond donors (Lipinski definition) is 2. The lowest BCUT2D eigenvalue weighted by atomic mass is 10.1. The lowest BCUT2D eigenvalue weighted by Gasteiger charge is -2.02. The highest BCUT2D eigenvalue weighted by Crippen LogP contribution is 2.11. The van der Waals surface area contributed by atoms with E-state index in [0.29, 0.717) is 0 Å². The fourth-order valence-corrected chi connectivity index (χ4v) is 1.57. The normalized spacial score (nSPS) is 12.8. The number of rotatable bonds is 8. The highest BCUT2D eigenvalue weighted by atomic mass is 16.3. The predicted octanol–water partition coefficient (Wildman–Crippen LogP) is 3.37. The van der Waals surface area contributed by atoms with E-state index in [-0.39, 0.29) is 13.2 Å². The Hall–Kier alpha value is -0.860. The molecule has 0 aliphatic rings. The minimum Gasteiger partial charge on any atom is -0.392 e. The van der Waals surface area contributed by atoms with Crippen molar-refractivity contribution in [2.24, 2.45) is 0 Å². The second-order valence-electron chi connectivity index (χ2n) is 4.61. The zero-order valence-electron chi connectivity index (χ0n) is 11.4. The van der Waals surface area contributed by atoms with E-state index in [9.17, 15) is 0 Å². The first-order valence-electron chi connectivity index (χ1n) is 6.28. The fraction of sp³-hybridized carbons (Fsp3) is 0.600. The van der Waals surface area contributed by atoms with Gasteiger partial charge in [-0.1, -0.05) is 29.4 Å². The summed E-state index contributed by atoms with van der Waals surface area (Å²) in [5, 5.41) is 17.8. The zero-order chi connectivity index (χ0) is 13.1. The molecule has 0 saturated heterocycles. The topological polar surface area (TPSA) is 40.5 Å². The van der Waals surface area contributed by atoms with Crippen LogP contribution in [-0.2, 0) is 0 Å². The first-order valence-corrected chi connectivity index (χ1v) is 6.28. The maximum atomic E-state index is 9.02. The van der Waals surface area contributed by atoms with Gasteiger partial charge in [-0.15, -0.1) is 0 Å². The largest absolute Gasteiger partial charge is 0.392 e. The Bertz CT molecular complexity index is 281. The van der Waals surface area contributed by atoms with E-state index in [1.54, 1.807) is 6.08 Å². The SMILES string of the molecule is CC(C)=CCC/C(C)=C/CC/C(=C/CO)CO. The summed E-state index contributed by atoms with van der Waals surface area (Å²) in [5.74, 6) is 0. The summed E-state index contributed by atoms with van der Waals surface area (Å²) in [7, 11) is 0. The van der Waals surface area contributed by atoms with Crippen molar-refractivity contribution in [1.29, 1.82) is 0 Å². The molecule has 0 aliphatic carbocycles. The van der Waals surface area contributed by atoms with Crippen LogP contribution in [0.2, 0.25) is 0 Å². The number of allylic oxidation sites excluding steroid dienone is 4. The molecule has 0 atom stereocenters. The van der Waals surface area contributed by atoms with Gasteiger partial charge in [0.15, 0.2) is 0 Å². The molecule has 0 bridgehead atoms. The quantitative estimate of drug-likeness (QED) is 0.636. The van der Waals surface area contributed by atoms with Gasteiger partial charge in [0, 0.05) is 0 Å². The molecule has 0 fully saturated rings. The maximum Gasteiger partial charge on any atom is 0.0642 e. The van der Waals surface area contributed by atoms with E-state index in [1.165, 1.54) is 11.1 Å². The summed E-state index contributed by atoms with van der Waals surface area (Å²) in [6, 6.07) is 0. The van der Waals surface area contributed by atoms with Crippen LogP contribution < -0.4 is 0 Å². The summed E-state index contributed by atoms with van der Waals surface area (Å²) in [4.78, 5) is 0. The highest BCUT2D eigenvalue weighted by molar-refractivity contribution is 5.07. The number of hydrogen-bond acceptors (Lipinski definition) is 2. The molecule has 17 heavy (non-hydrogen) atoms. The van der Waals surface area contributed by atoms with Gasteiger partial charge in [-0.25, -0.2) is 0 Å². The average Bonchev–Trinajstić information content (AvgIpc) is 2.27. The first-order chi connectivity index (χ1) is 8.10. The van der Waals surface area contributed by atoms with Crippen LogP contribution >= 0.6 is 0 Å². The molecule has 0 saturated carbocycles. The van der Waals surface area contributed by atoms with E-state index in [4.69, 9.17) is 10.2 Å². The van der Waals surface area contributed by atoms with Crippen LogP contribution in [0.1, 0.15) is 46.5 Å². The summed E-state index contributed by atoms with van der Waals surface area (Å²) < 4.78 is 0. The third kappa shape index (κ3) is 10.0. The van der Waals surface area contributed by atoms with Gasteiger partial charge in [0.1, 0.15) is 0 Å². The van der Waals surface area contributed by atoms with Gasteiger partial charge in [-0.05, 0) is 52.0 Å². The second-order valence-corrected chi connectivity index (χ2v) is 4.61. The van der Waals surface area contributed by atoms with Gasteiger partial charge < -0.3 is 10.2 Å². The fourth-order valence-electron chi connectivity index (χ4n) is 1.57. The minimum atomic E-state index is 0.0131. The van der Waals surface area contributed by atoms with Crippen molar-refractivity contribution in [3.63, 3.8) is 0 Å². The Kier molecular flexibility index (Phi) is 9.78. The van der Waals surface area contributed by atoms with E-state index >= 15 is 0 Å². The first kappa shape index (κ1) is 16.1. The molecule has 0 rings (SSSR count). The third-order valence-corrected chi connectivity index (χ3v) is 2.63. The predicted molar refractivity (Wildman–Crippen MR) is 73.9 cm³/mol. The maximum absolute atomic E-state index is 9.02. The van der Waals surface area contributed by atoms with Crippen LogP contribution in [0.4, 0.5) is 0 Å². The van der Waals surface area contributed by atoms with E-state index in [1.807, 2.05) is 0 Å². The van der Waals surface area contributed by atoms with Gasteiger partial charge in [0.25, 0.3) is 0 Å². The van der Waals surface area contributed by atoms with E-state index in [2.05, 4.69) is 32.9 Å². The summed E-state index contributed by atoms with van der Waals surface area (Å²) >= 11 is 0. The molecule has 0 spiro atoms. The standard InChI is InChI=1S/C15H26O2/c1-13(2)6-4-7-14(3)8-5-9-15(12-17)10-11-16/h6,8,10,16-17H,4-5,7,9,11-12H2,1-3H3/b14-8+,15-10-. The van der Waals surface area contributed by atoms with Crippen LogP contribution in [0.15, 0.2) is 34.9 Å². The summed E-state index contributed by atoms with van der Waals surface area (Å²) in [6.07, 6.45) is 10.1. The van der Waals surface area contributed by atoms with Crippen LogP contribution in [-0.4, -0.2) is 23.4 Å². The molecule has 0 amide bonds. The molecule has 2 heteroatoms. The van der Waals surface area contributed by atoms with Crippen molar-refractivity contribution in [3.8, 4) is 0 Å². The van der Waals surface area contributed by atoms with Crippen molar-refractivity contribution in [2.45, 2.75) is 46.5 Å². The Morgan fingerprint density at radius 2 is 1.53 bits per heavy atom. The molecule has 0 heterocycles. The molecular formula is C15H26O2. The van der Waals surface area contributed by atoms with E-state index < -0.39 is 0 Å². The summed E-state index contributed by atoms with van der Waals surface area (Å²) in [5.41, 5.74) is 3.68. The molecule has 0 aromatic heterocycles. The smallest absolute Gasteiger partial charge is 0.0642 e. The molecule has 2 nitrogen and oxygen atoms in total. The Labute approximate surface area is 105 Å². The molecule has 98 valence electrons. The van der Waals surface area contributed by atoms with Crippen molar-refractivity contribution in [1.82, 2.24) is 0 Å². The lowest BCUT2D eigenvalue weighted by Crippen LogP contribution is -1.92. The molecule has 0 aromatic carbocycles. The van der Waals surface area contributed by atoms with Crippen LogP contribution in [0.25, 0.3) is 0 Å². The molecule has 0 radical (unpaired) electrons. The van der Waals surface area contributed by atoms with Gasteiger partial charge in [0.05, 0.1) is 13.2 Å². The Morgan fingerprint density at radius 3 is 2.06 bits per heavy atom. The Balaban J connectivity index is 3.91. The van der Waals surface area contributed by atoms with Gasteiger partial charge in [-0.3, -0.25) is 0 Å². The van der Waals surface area contributed by atoms with Gasteiger partial charge in [0.2, 0.25) is 0 Å². The van der Waals surface area contributed by atoms with Gasteiger partial charge in [-0.2, -0.15) is 0 Å². The van der Waals surface area contributed by atoms with E-state index in [0.717, 1.165) is 31.3 Å². The molecule has 0 aromatic rings. The number of aliphatic hydroxyl groups is 2. The molecule has 0 unspecified atom stereocenters. The summed E-state index contributed by atoms with van der Waals surface area (Å²) in [6.45, 7) is 6.44. The highest BCUT2D eigenvalue weighted by Gasteiger charge is 1.94.